The van der Waals surface area contributed by atoms with Crippen LogP contribution in [0.4, 0.5) is 5.69 Å². The van der Waals surface area contributed by atoms with E-state index in [4.69, 9.17) is 9.47 Å². The van der Waals surface area contributed by atoms with E-state index in [1.165, 1.54) is 12.1 Å². The van der Waals surface area contributed by atoms with Crippen LogP contribution in [0.5, 0.6) is 11.5 Å². The van der Waals surface area contributed by atoms with Crippen molar-refractivity contribution < 1.29 is 24.3 Å². The maximum atomic E-state index is 13.7. The summed E-state index contributed by atoms with van der Waals surface area (Å²) in [6, 6.07) is 11.4. The minimum atomic E-state index is -0.978. The van der Waals surface area contributed by atoms with Crippen LogP contribution in [0.15, 0.2) is 42.5 Å². The predicted octanol–water partition coefficient (Wildman–Crippen LogP) is 3.31. The number of benzene rings is 2. The molecule has 1 aliphatic carbocycles. The number of amides is 1. The third-order valence-corrected chi connectivity index (χ3v) is 6.19. The van der Waals surface area contributed by atoms with Gasteiger partial charge in [0.1, 0.15) is 6.04 Å². The molecule has 2 aromatic rings. The molecule has 1 amide bonds. The SMILES string of the molecule is O=C(NC1CCCCC1)C(c1cc2c(cc1[N+](=O)[O-])OCO2)N(CCO)Cc1ccccc1. The second kappa shape index (κ2) is 10.6. The molecule has 33 heavy (non-hydrogen) atoms. The predicted molar refractivity (Wildman–Crippen MR) is 121 cm³/mol. The highest BCUT2D eigenvalue weighted by molar-refractivity contribution is 5.85. The van der Waals surface area contributed by atoms with Gasteiger partial charge in [0, 0.05) is 19.1 Å². The number of aliphatic hydroxyl groups excluding tert-OH is 1. The molecule has 1 saturated carbocycles. The molecule has 0 bridgehead atoms. The average molecular weight is 456 g/mol. The topological polar surface area (TPSA) is 114 Å². The van der Waals surface area contributed by atoms with Crippen LogP contribution >= 0.6 is 0 Å². The van der Waals surface area contributed by atoms with Gasteiger partial charge in [0.25, 0.3) is 5.69 Å². The van der Waals surface area contributed by atoms with E-state index in [0.29, 0.717) is 12.3 Å². The maximum Gasteiger partial charge on any atom is 0.278 e. The maximum absolute atomic E-state index is 13.7. The fourth-order valence-corrected chi connectivity index (χ4v) is 4.60. The lowest BCUT2D eigenvalue weighted by Gasteiger charge is -2.32. The Morgan fingerprint density at radius 1 is 1.15 bits per heavy atom. The van der Waals surface area contributed by atoms with E-state index in [9.17, 15) is 20.0 Å². The zero-order chi connectivity index (χ0) is 23.2. The molecule has 1 heterocycles. The first-order valence-corrected chi connectivity index (χ1v) is 11.3. The lowest BCUT2D eigenvalue weighted by molar-refractivity contribution is -0.386. The zero-order valence-corrected chi connectivity index (χ0v) is 18.4. The molecule has 0 aromatic heterocycles. The van der Waals surface area contributed by atoms with Crippen LogP contribution in [-0.2, 0) is 11.3 Å². The number of hydrogen-bond donors (Lipinski definition) is 2. The Balaban J connectivity index is 1.74. The van der Waals surface area contributed by atoms with Crippen molar-refractivity contribution in [2.24, 2.45) is 0 Å². The van der Waals surface area contributed by atoms with Gasteiger partial charge in [-0.3, -0.25) is 19.8 Å². The van der Waals surface area contributed by atoms with Gasteiger partial charge >= 0.3 is 0 Å². The number of rotatable bonds is 9. The van der Waals surface area contributed by atoms with Crippen molar-refractivity contribution in [2.75, 3.05) is 19.9 Å². The summed E-state index contributed by atoms with van der Waals surface area (Å²) in [7, 11) is 0. The molecule has 2 N–H and O–H groups in total. The van der Waals surface area contributed by atoms with Crippen LogP contribution in [0.25, 0.3) is 0 Å². The fourth-order valence-electron chi connectivity index (χ4n) is 4.60. The molecule has 2 aliphatic rings. The quantitative estimate of drug-likeness (QED) is 0.440. The third kappa shape index (κ3) is 5.43. The summed E-state index contributed by atoms with van der Waals surface area (Å²) in [5.74, 6) is 0.344. The van der Waals surface area contributed by atoms with E-state index in [2.05, 4.69) is 5.32 Å². The molecule has 1 aliphatic heterocycles. The third-order valence-electron chi connectivity index (χ3n) is 6.19. The molecule has 0 spiro atoms. The van der Waals surface area contributed by atoms with Gasteiger partial charge in [-0.1, -0.05) is 49.6 Å². The number of nitrogens with one attached hydrogen (secondary N) is 1. The number of ether oxygens (including phenoxy) is 2. The molecule has 0 saturated heterocycles. The van der Waals surface area contributed by atoms with Gasteiger partial charge in [0.05, 0.1) is 23.2 Å². The van der Waals surface area contributed by atoms with Crippen LogP contribution in [-0.4, -0.2) is 46.8 Å². The number of nitrogens with zero attached hydrogens (tertiary/aromatic N) is 2. The van der Waals surface area contributed by atoms with Crippen LogP contribution in [0.2, 0.25) is 0 Å². The Kier molecular flexibility index (Phi) is 7.41. The second-order valence-electron chi connectivity index (χ2n) is 8.45. The average Bonchev–Trinajstić information content (AvgIpc) is 3.28. The smallest absolute Gasteiger partial charge is 0.278 e. The van der Waals surface area contributed by atoms with Crippen molar-refractivity contribution in [3.8, 4) is 11.5 Å². The number of nitro groups is 1. The van der Waals surface area contributed by atoms with Gasteiger partial charge in [-0.25, -0.2) is 0 Å². The molecule has 2 aromatic carbocycles. The first-order valence-electron chi connectivity index (χ1n) is 11.3. The largest absolute Gasteiger partial charge is 0.454 e. The van der Waals surface area contributed by atoms with E-state index in [0.717, 1.165) is 37.7 Å². The van der Waals surface area contributed by atoms with Gasteiger partial charge in [-0.2, -0.15) is 0 Å². The standard InChI is InChI=1S/C24H29N3O6/c28-12-11-26(15-17-7-3-1-4-8-17)23(24(29)25-18-9-5-2-6-10-18)19-13-21-22(33-16-32-21)14-20(19)27(30)31/h1,3-4,7-8,13-14,18,23,28H,2,5-6,9-12,15-16H2,(H,25,29). The van der Waals surface area contributed by atoms with Crippen LogP contribution < -0.4 is 14.8 Å². The Morgan fingerprint density at radius 2 is 1.85 bits per heavy atom. The summed E-state index contributed by atoms with van der Waals surface area (Å²) in [4.78, 5) is 26.9. The van der Waals surface area contributed by atoms with Crippen molar-refractivity contribution in [1.29, 1.82) is 0 Å². The van der Waals surface area contributed by atoms with Gasteiger partial charge in [0.2, 0.25) is 12.7 Å². The van der Waals surface area contributed by atoms with Gasteiger partial charge in [-0.15, -0.1) is 0 Å². The number of aliphatic hydroxyl groups is 1. The van der Waals surface area contributed by atoms with Gasteiger partial charge < -0.3 is 19.9 Å². The van der Waals surface area contributed by atoms with E-state index in [-0.39, 0.29) is 48.9 Å². The zero-order valence-electron chi connectivity index (χ0n) is 18.4. The number of hydrogen-bond acceptors (Lipinski definition) is 7. The molecule has 9 nitrogen and oxygen atoms in total. The summed E-state index contributed by atoms with van der Waals surface area (Å²) in [5, 5.41) is 24.9. The molecule has 1 atom stereocenters. The molecule has 1 unspecified atom stereocenters. The van der Waals surface area contributed by atoms with Crippen LogP contribution in [0.3, 0.4) is 0 Å². The number of fused-ring (bicyclic) bond motifs is 1. The van der Waals surface area contributed by atoms with Crippen molar-refractivity contribution in [2.45, 2.75) is 50.7 Å². The minimum Gasteiger partial charge on any atom is -0.454 e. The van der Waals surface area contributed by atoms with Crippen molar-refractivity contribution in [1.82, 2.24) is 10.2 Å². The van der Waals surface area contributed by atoms with E-state index in [1.807, 2.05) is 30.3 Å². The van der Waals surface area contributed by atoms with E-state index < -0.39 is 11.0 Å². The summed E-state index contributed by atoms with van der Waals surface area (Å²) in [6.45, 7) is 0.288. The highest BCUT2D eigenvalue weighted by atomic mass is 16.7. The normalized spacial score (nSPS) is 16.5. The van der Waals surface area contributed by atoms with Gasteiger partial charge in [-0.05, 0) is 24.5 Å². The van der Waals surface area contributed by atoms with Crippen molar-refractivity contribution in [3.05, 3.63) is 63.7 Å². The molecule has 1 fully saturated rings. The highest BCUT2D eigenvalue weighted by Gasteiger charge is 2.36. The van der Waals surface area contributed by atoms with E-state index >= 15 is 0 Å². The first kappa shape index (κ1) is 23.0. The van der Waals surface area contributed by atoms with Crippen molar-refractivity contribution in [3.63, 3.8) is 0 Å². The summed E-state index contributed by atoms with van der Waals surface area (Å²) < 4.78 is 10.8. The second-order valence-corrected chi connectivity index (χ2v) is 8.45. The Morgan fingerprint density at radius 3 is 2.52 bits per heavy atom. The molecular weight excluding hydrogens is 426 g/mol. The number of carbonyl (C=O) groups is 1. The minimum absolute atomic E-state index is 0.0285. The molecule has 176 valence electrons. The lowest BCUT2D eigenvalue weighted by Crippen LogP contribution is -2.45. The summed E-state index contributed by atoms with van der Waals surface area (Å²) in [6.07, 6.45) is 5.02. The Labute approximate surface area is 192 Å². The molecular formula is C24H29N3O6. The number of carbonyl (C=O) groups excluding carboxylic acids is 1. The summed E-state index contributed by atoms with van der Waals surface area (Å²) in [5.41, 5.74) is 0.950. The lowest BCUT2D eigenvalue weighted by atomic mass is 9.94. The highest BCUT2D eigenvalue weighted by Crippen LogP contribution is 2.42. The molecule has 0 radical (unpaired) electrons. The van der Waals surface area contributed by atoms with E-state index in [1.54, 1.807) is 4.90 Å². The van der Waals surface area contributed by atoms with Crippen LogP contribution in [0.1, 0.15) is 49.3 Å². The number of nitro benzene ring substituents is 1. The fraction of sp³-hybridized carbons (Fsp3) is 0.458. The molecule has 4 rings (SSSR count). The summed E-state index contributed by atoms with van der Waals surface area (Å²) >= 11 is 0. The Bertz CT molecular complexity index is 978. The van der Waals surface area contributed by atoms with Crippen molar-refractivity contribution >= 4 is 11.6 Å². The first-order chi connectivity index (χ1) is 16.1. The van der Waals surface area contributed by atoms with Gasteiger partial charge in [0.15, 0.2) is 11.5 Å². The molecule has 9 heteroatoms. The monoisotopic (exact) mass is 455 g/mol. The van der Waals surface area contributed by atoms with Crippen LogP contribution in [0, 0.1) is 10.1 Å². The Hall–Kier alpha value is -3.17.